The van der Waals surface area contributed by atoms with Crippen molar-refractivity contribution in [3.8, 4) is 0 Å². The summed E-state index contributed by atoms with van der Waals surface area (Å²) < 4.78 is 38.1. The van der Waals surface area contributed by atoms with Crippen molar-refractivity contribution in [2.75, 3.05) is 5.01 Å². The number of rotatable bonds is 4. The van der Waals surface area contributed by atoms with E-state index in [9.17, 15) is 18.0 Å². The highest BCUT2D eigenvalue weighted by molar-refractivity contribution is 5.92. The van der Waals surface area contributed by atoms with Crippen LogP contribution in [0, 0.1) is 0 Å². The maximum absolute atomic E-state index is 12.7. The van der Waals surface area contributed by atoms with Crippen molar-refractivity contribution in [2.24, 2.45) is 5.84 Å². The van der Waals surface area contributed by atoms with Crippen LogP contribution in [0.1, 0.15) is 17.5 Å². The molecular formula is C17H15F3N4O. The van der Waals surface area contributed by atoms with E-state index in [1.54, 1.807) is 18.2 Å². The summed E-state index contributed by atoms with van der Waals surface area (Å²) in [5.41, 5.74) is 1.08. The van der Waals surface area contributed by atoms with Gasteiger partial charge in [0.2, 0.25) is 11.9 Å². The Hall–Kier alpha value is -2.87. The molecule has 0 saturated heterocycles. The normalized spacial score (nSPS) is 11.7. The van der Waals surface area contributed by atoms with Gasteiger partial charge in [-0.15, -0.1) is 0 Å². The van der Waals surface area contributed by atoms with Crippen molar-refractivity contribution in [1.82, 2.24) is 9.97 Å². The fourth-order valence-electron chi connectivity index (χ4n) is 2.45. The third-order valence-corrected chi connectivity index (χ3v) is 3.76. The lowest BCUT2D eigenvalue weighted by atomic mass is 10.1. The van der Waals surface area contributed by atoms with Gasteiger partial charge in [0.15, 0.2) is 0 Å². The van der Waals surface area contributed by atoms with E-state index >= 15 is 0 Å². The first-order valence-electron chi connectivity index (χ1n) is 7.53. The highest BCUT2D eigenvalue weighted by atomic mass is 19.4. The van der Waals surface area contributed by atoms with Crippen LogP contribution in [0.3, 0.4) is 0 Å². The second-order valence-electron chi connectivity index (χ2n) is 5.54. The number of nitrogens with two attached hydrogens (primary N) is 1. The number of fused-ring (bicyclic) bond motifs is 1. The lowest BCUT2D eigenvalue weighted by Crippen LogP contribution is -2.38. The smallest absolute Gasteiger partial charge is 0.323 e. The molecule has 1 heterocycles. The number of halogens is 3. The molecule has 0 aliphatic rings. The first-order chi connectivity index (χ1) is 11.8. The van der Waals surface area contributed by atoms with Gasteiger partial charge < -0.3 is 4.98 Å². The Bertz CT molecular complexity index is 871. The molecule has 8 heteroatoms. The number of hydrogen-bond donors (Lipinski definition) is 2. The summed E-state index contributed by atoms with van der Waals surface area (Å²) in [6, 6.07) is 12.1. The molecule has 3 aromatic rings. The predicted octanol–water partition coefficient (Wildman–Crippen LogP) is 3.42. The SMILES string of the molecule is NN(C(=O)CCc1cccc(C(F)(F)F)c1)c1nc2ccccc2[nH]1. The van der Waals surface area contributed by atoms with Gasteiger partial charge >= 0.3 is 6.18 Å². The number of hydrogen-bond acceptors (Lipinski definition) is 3. The number of amides is 1. The molecule has 0 spiro atoms. The zero-order valence-corrected chi connectivity index (χ0v) is 13.0. The van der Waals surface area contributed by atoms with E-state index in [0.717, 1.165) is 22.7 Å². The molecule has 5 nitrogen and oxygen atoms in total. The van der Waals surface area contributed by atoms with Gasteiger partial charge in [-0.2, -0.15) is 13.2 Å². The van der Waals surface area contributed by atoms with Crippen LogP contribution in [0.25, 0.3) is 11.0 Å². The number of carbonyl (C=O) groups excluding carboxylic acids is 1. The monoisotopic (exact) mass is 348 g/mol. The van der Waals surface area contributed by atoms with Crippen LogP contribution in [0.2, 0.25) is 0 Å². The minimum Gasteiger partial charge on any atom is -0.323 e. The molecule has 0 unspecified atom stereocenters. The van der Waals surface area contributed by atoms with Crippen molar-refractivity contribution in [1.29, 1.82) is 0 Å². The van der Waals surface area contributed by atoms with Crippen LogP contribution in [-0.4, -0.2) is 15.9 Å². The maximum Gasteiger partial charge on any atom is 0.416 e. The van der Waals surface area contributed by atoms with Gasteiger partial charge in [0.05, 0.1) is 16.6 Å². The molecule has 0 radical (unpaired) electrons. The lowest BCUT2D eigenvalue weighted by Gasteiger charge is -2.13. The molecule has 130 valence electrons. The van der Waals surface area contributed by atoms with Crippen molar-refractivity contribution in [3.05, 3.63) is 59.7 Å². The number of aromatic amines is 1. The Kier molecular flexibility index (Phi) is 4.45. The third-order valence-electron chi connectivity index (χ3n) is 3.76. The van der Waals surface area contributed by atoms with E-state index in [0.29, 0.717) is 11.1 Å². The largest absolute Gasteiger partial charge is 0.416 e. The summed E-state index contributed by atoms with van der Waals surface area (Å²) in [7, 11) is 0. The number of carbonyl (C=O) groups is 1. The number of anilines is 1. The molecule has 1 aromatic heterocycles. The van der Waals surface area contributed by atoms with Crippen molar-refractivity contribution in [3.63, 3.8) is 0 Å². The van der Waals surface area contributed by atoms with E-state index in [2.05, 4.69) is 9.97 Å². The molecule has 0 aliphatic heterocycles. The van der Waals surface area contributed by atoms with Gasteiger partial charge in [-0.05, 0) is 30.2 Å². The summed E-state index contributed by atoms with van der Waals surface area (Å²) in [5.74, 6) is 5.52. The number of aromatic nitrogens is 2. The molecular weight excluding hydrogens is 333 g/mol. The van der Waals surface area contributed by atoms with Crippen molar-refractivity contribution >= 4 is 22.9 Å². The second kappa shape index (κ2) is 6.56. The average molecular weight is 348 g/mol. The van der Waals surface area contributed by atoms with Crippen LogP contribution in [0.15, 0.2) is 48.5 Å². The van der Waals surface area contributed by atoms with Gasteiger partial charge in [0.25, 0.3) is 0 Å². The summed E-state index contributed by atoms with van der Waals surface area (Å²) in [4.78, 5) is 19.3. The molecule has 0 saturated carbocycles. The first kappa shape index (κ1) is 17.0. The van der Waals surface area contributed by atoms with Gasteiger partial charge in [-0.3, -0.25) is 4.79 Å². The van der Waals surface area contributed by atoms with Gasteiger partial charge in [-0.1, -0.05) is 30.3 Å². The van der Waals surface area contributed by atoms with Crippen LogP contribution in [0.5, 0.6) is 0 Å². The topological polar surface area (TPSA) is 75.0 Å². The average Bonchev–Trinajstić information content (AvgIpc) is 3.02. The predicted molar refractivity (Wildman–Crippen MR) is 87.5 cm³/mol. The molecule has 0 aliphatic carbocycles. The number of para-hydroxylation sites is 2. The number of benzene rings is 2. The molecule has 3 N–H and O–H groups in total. The first-order valence-corrected chi connectivity index (χ1v) is 7.53. The number of hydrazine groups is 1. The van der Waals surface area contributed by atoms with E-state index < -0.39 is 17.6 Å². The van der Waals surface area contributed by atoms with Gasteiger partial charge in [-0.25, -0.2) is 15.8 Å². The zero-order chi connectivity index (χ0) is 18.0. The van der Waals surface area contributed by atoms with Crippen LogP contribution < -0.4 is 10.9 Å². The Morgan fingerprint density at radius 2 is 1.92 bits per heavy atom. The molecule has 3 rings (SSSR count). The lowest BCUT2D eigenvalue weighted by molar-refractivity contribution is -0.137. The highest BCUT2D eigenvalue weighted by Gasteiger charge is 2.30. The van der Waals surface area contributed by atoms with Gasteiger partial charge in [0.1, 0.15) is 0 Å². The highest BCUT2D eigenvalue weighted by Crippen LogP contribution is 2.29. The third kappa shape index (κ3) is 3.80. The standard InChI is InChI=1S/C17H15F3N4O/c18-17(19,20)12-5-3-4-11(10-12)8-9-15(25)24(21)16-22-13-6-1-2-7-14(13)23-16/h1-7,10H,8-9,21H2,(H,22,23). The summed E-state index contributed by atoms with van der Waals surface area (Å²) in [5, 5.41) is 0.883. The second-order valence-corrected chi connectivity index (χ2v) is 5.54. The fourth-order valence-corrected chi connectivity index (χ4v) is 2.45. The number of nitrogens with zero attached hydrogens (tertiary/aromatic N) is 2. The fraction of sp³-hybridized carbons (Fsp3) is 0.176. The molecule has 2 aromatic carbocycles. The molecule has 0 fully saturated rings. The molecule has 25 heavy (non-hydrogen) atoms. The number of alkyl halides is 3. The summed E-state index contributed by atoms with van der Waals surface area (Å²) in [6.45, 7) is 0. The molecule has 0 atom stereocenters. The Balaban J connectivity index is 1.68. The summed E-state index contributed by atoms with van der Waals surface area (Å²) >= 11 is 0. The number of nitrogens with one attached hydrogen (secondary N) is 1. The number of aryl methyl sites for hydroxylation is 1. The number of H-pyrrole nitrogens is 1. The van der Waals surface area contributed by atoms with E-state index in [1.165, 1.54) is 6.07 Å². The molecule has 0 bridgehead atoms. The zero-order valence-electron chi connectivity index (χ0n) is 13.0. The molecule has 1 amide bonds. The van der Waals surface area contributed by atoms with Crippen molar-refractivity contribution < 1.29 is 18.0 Å². The Morgan fingerprint density at radius 3 is 2.64 bits per heavy atom. The maximum atomic E-state index is 12.7. The minimum atomic E-state index is -4.41. The van der Waals surface area contributed by atoms with E-state index in [1.807, 2.05) is 12.1 Å². The van der Waals surface area contributed by atoms with Crippen molar-refractivity contribution in [2.45, 2.75) is 19.0 Å². The van der Waals surface area contributed by atoms with Crippen LogP contribution in [-0.2, 0) is 17.4 Å². The Labute approximate surface area is 141 Å². The number of imidazole rings is 1. The summed E-state index contributed by atoms with van der Waals surface area (Å²) in [6.07, 6.45) is -4.29. The van der Waals surface area contributed by atoms with E-state index in [4.69, 9.17) is 5.84 Å². The minimum absolute atomic E-state index is 0.0329. The van der Waals surface area contributed by atoms with E-state index in [-0.39, 0.29) is 18.8 Å². The van der Waals surface area contributed by atoms with Crippen LogP contribution >= 0.6 is 0 Å². The Morgan fingerprint density at radius 1 is 1.16 bits per heavy atom. The quantitative estimate of drug-likeness (QED) is 0.431. The van der Waals surface area contributed by atoms with Gasteiger partial charge in [0, 0.05) is 6.42 Å². The van der Waals surface area contributed by atoms with Crippen LogP contribution in [0.4, 0.5) is 19.1 Å².